The topological polar surface area (TPSA) is 52.3 Å². The number of ether oxygens (including phenoxy) is 1. The monoisotopic (exact) mass is 233 g/mol. The van der Waals surface area contributed by atoms with E-state index in [-0.39, 0.29) is 5.76 Å². The highest BCUT2D eigenvalue weighted by molar-refractivity contribution is 9.10. The summed E-state index contributed by atoms with van der Waals surface area (Å²) in [6.07, 6.45) is 0. The molecular weight excluding hydrogens is 226 g/mol. The standard InChI is InChI=1S/C7H8BrNO3/c1-3-11-7(10)5-4(2)6(8)9-12-5/h3H2,1-2H3. The van der Waals surface area contributed by atoms with Gasteiger partial charge in [0.05, 0.1) is 6.61 Å². The van der Waals surface area contributed by atoms with Crippen LogP contribution in [0.5, 0.6) is 0 Å². The predicted octanol–water partition coefficient (Wildman–Crippen LogP) is 1.92. The van der Waals surface area contributed by atoms with Gasteiger partial charge in [-0.25, -0.2) is 4.79 Å². The number of esters is 1. The van der Waals surface area contributed by atoms with Crippen molar-refractivity contribution in [1.29, 1.82) is 0 Å². The molecule has 4 nitrogen and oxygen atoms in total. The minimum absolute atomic E-state index is 0.156. The third-order valence-corrected chi connectivity index (χ3v) is 2.07. The van der Waals surface area contributed by atoms with Crippen molar-refractivity contribution < 1.29 is 14.1 Å². The summed E-state index contributed by atoms with van der Waals surface area (Å²) < 4.78 is 10.00. The molecule has 0 spiro atoms. The normalized spacial score (nSPS) is 9.92. The quantitative estimate of drug-likeness (QED) is 0.733. The SMILES string of the molecule is CCOC(=O)c1onc(Br)c1C. The maximum Gasteiger partial charge on any atom is 0.377 e. The molecule has 0 unspecified atom stereocenters. The van der Waals surface area contributed by atoms with E-state index in [0.717, 1.165) is 0 Å². The molecule has 0 radical (unpaired) electrons. The second kappa shape index (κ2) is 3.71. The molecule has 12 heavy (non-hydrogen) atoms. The molecule has 0 aromatic carbocycles. The van der Waals surface area contributed by atoms with Crippen LogP contribution in [0.2, 0.25) is 0 Å². The lowest BCUT2D eigenvalue weighted by atomic mass is 10.3. The first-order chi connectivity index (χ1) is 5.66. The van der Waals surface area contributed by atoms with Gasteiger partial charge in [-0.05, 0) is 29.8 Å². The molecule has 0 aliphatic rings. The lowest BCUT2D eigenvalue weighted by molar-refractivity contribution is 0.0478. The van der Waals surface area contributed by atoms with E-state index in [2.05, 4.69) is 21.1 Å². The van der Waals surface area contributed by atoms with E-state index in [1.165, 1.54) is 0 Å². The predicted molar refractivity (Wildman–Crippen MR) is 44.9 cm³/mol. The van der Waals surface area contributed by atoms with Crippen molar-refractivity contribution in [3.05, 3.63) is 15.9 Å². The summed E-state index contributed by atoms with van der Waals surface area (Å²) in [5.41, 5.74) is 0.661. The Labute approximate surface area is 78.0 Å². The fraction of sp³-hybridized carbons (Fsp3) is 0.429. The van der Waals surface area contributed by atoms with Gasteiger partial charge in [-0.1, -0.05) is 5.16 Å². The van der Waals surface area contributed by atoms with Crippen LogP contribution in [-0.4, -0.2) is 17.7 Å². The van der Waals surface area contributed by atoms with Crippen molar-refractivity contribution >= 4 is 21.9 Å². The van der Waals surface area contributed by atoms with Crippen molar-refractivity contribution in [3.63, 3.8) is 0 Å². The van der Waals surface area contributed by atoms with Crippen LogP contribution in [0.4, 0.5) is 0 Å². The lowest BCUT2D eigenvalue weighted by Crippen LogP contribution is -2.04. The van der Waals surface area contributed by atoms with Crippen LogP contribution in [-0.2, 0) is 4.74 Å². The molecule has 1 aromatic heterocycles. The Hall–Kier alpha value is -0.840. The first-order valence-electron chi connectivity index (χ1n) is 3.45. The third-order valence-electron chi connectivity index (χ3n) is 1.33. The van der Waals surface area contributed by atoms with E-state index >= 15 is 0 Å². The highest BCUT2D eigenvalue weighted by atomic mass is 79.9. The van der Waals surface area contributed by atoms with E-state index in [1.54, 1.807) is 13.8 Å². The zero-order valence-corrected chi connectivity index (χ0v) is 8.34. The van der Waals surface area contributed by atoms with Crippen LogP contribution in [0.25, 0.3) is 0 Å². The van der Waals surface area contributed by atoms with Crippen LogP contribution < -0.4 is 0 Å². The summed E-state index contributed by atoms with van der Waals surface area (Å²) in [5.74, 6) is -0.322. The molecule has 0 aliphatic heterocycles. The summed E-state index contributed by atoms with van der Waals surface area (Å²) in [7, 11) is 0. The number of halogens is 1. The Balaban J connectivity index is 2.88. The summed E-state index contributed by atoms with van der Waals surface area (Å²) in [6, 6.07) is 0. The largest absolute Gasteiger partial charge is 0.460 e. The van der Waals surface area contributed by atoms with Gasteiger partial charge in [0.1, 0.15) is 0 Å². The van der Waals surface area contributed by atoms with Crippen molar-refractivity contribution in [2.45, 2.75) is 13.8 Å². The average molecular weight is 234 g/mol. The number of aromatic nitrogens is 1. The number of carbonyl (C=O) groups excluding carboxylic acids is 1. The van der Waals surface area contributed by atoms with Crippen LogP contribution in [0.15, 0.2) is 9.13 Å². The molecule has 0 N–H and O–H groups in total. The molecular formula is C7H8BrNO3. The van der Waals surface area contributed by atoms with Crippen molar-refractivity contribution in [2.75, 3.05) is 6.61 Å². The van der Waals surface area contributed by atoms with Crippen molar-refractivity contribution in [1.82, 2.24) is 5.16 Å². The Morgan fingerprint density at radius 2 is 2.42 bits per heavy atom. The minimum atomic E-state index is -0.479. The molecule has 1 rings (SSSR count). The zero-order chi connectivity index (χ0) is 9.14. The van der Waals surface area contributed by atoms with Crippen LogP contribution in [0.1, 0.15) is 23.0 Å². The Morgan fingerprint density at radius 3 is 2.83 bits per heavy atom. The summed E-state index contributed by atoms with van der Waals surface area (Å²) in [5, 5.41) is 3.56. The molecule has 0 aliphatic carbocycles. The molecule has 1 aromatic rings. The number of hydrogen-bond donors (Lipinski definition) is 0. The molecule has 1 heterocycles. The van der Waals surface area contributed by atoms with Gasteiger partial charge < -0.3 is 9.26 Å². The van der Waals surface area contributed by atoms with Gasteiger partial charge in [-0.3, -0.25) is 0 Å². The van der Waals surface area contributed by atoms with Crippen molar-refractivity contribution in [3.8, 4) is 0 Å². The summed E-state index contributed by atoms with van der Waals surface area (Å²) in [6.45, 7) is 3.79. The smallest absolute Gasteiger partial charge is 0.377 e. The zero-order valence-electron chi connectivity index (χ0n) is 6.76. The summed E-state index contributed by atoms with van der Waals surface area (Å²) >= 11 is 3.12. The molecule has 0 atom stereocenters. The molecule has 0 fully saturated rings. The van der Waals surface area contributed by atoms with Crippen LogP contribution >= 0.6 is 15.9 Å². The molecule has 66 valence electrons. The average Bonchev–Trinajstić information content (AvgIpc) is 2.34. The van der Waals surface area contributed by atoms with Crippen molar-refractivity contribution in [2.24, 2.45) is 0 Å². The van der Waals surface area contributed by atoms with Crippen LogP contribution in [0, 0.1) is 6.92 Å². The Kier molecular flexibility index (Phi) is 2.86. The first kappa shape index (κ1) is 9.25. The first-order valence-corrected chi connectivity index (χ1v) is 4.25. The molecule has 0 saturated heterocycles. The van der Waals surface area contributed by atoms with Gasteiger partial charge in [-0.2, -0.15) is 0 Å². The van der Waals surface area contributed by atoms with Gasteiger partial charge in [0.2, 0.25) is 5.76 Å². The van der Waals surface area contributed by atoms with E-state index < -0.39 is 5.97 Å². The van der Waals surface area contributed by atoms with Gasteiger partial charge in [0.25, 0.3) is 0 Å². The number of carbonyl (C=O) groups is 1. The Morgan fingerprint density at radius 1 is 1.75 bits per heavy atom. The maximum absolute atomic E-state index is 11.1. The highest BCUT2D eigenvalue weighted by Crippen LogP contribution is 2.18. The van der Waals surface area contributed by atoms with Crippen LogP contribution in [0.3, 0.4) is 0 Å². The number of nitrogens with zero attached hydrogens (tertiary/aromatic N) is 1. The van der Waals surface area contributed by atoms with Gasteiger partial charge in [0.15, 0.2) is 4.60 Å². The highest BCUT2D eigenvalue weighted by Gasteiger charge is 2.18. The third kappa shape index (κ3) is 1.66. The number of hydrogen-bond acceptors (Lipinski definition) is 4. The van der Waals surface area contributed by atoms with E-state index in [1.807, 2.05) is 0 Å². The second-order valence-electron chi connectivity index (χ2n) is 2.15. The molecule has 5 heteroatoms. The Bertz CT molecular complexity index is 295. The fourth-order valence-electron chi connectivity index (χ4n) is 0.703. The van der Waals surface area contributed by atoms with E-state index in [9.17, 15) is 4.79 Å². The molecule has 0 amide bonds. The van der Waals surface area contributed by atoms with Gasteiger partial charge in [0, 0.05) is 5.56 Å². The molecule has 0 bridgehead atoms. The second-order valence-corrected chi connectivity index (χ2v) is 2.90. The van der Waals surface area contributed by atoms with E-state index in [0.29, 0.717) is 16.8 Å². The van der Waals surface area contributed by atoms with Gasteiger partial charge >= 0.3 is 5.97 Å². The molecule has 0 saturated carbocycles. The maximum atomic E-state index is 11.1. The minimum Gasteiger partial charge on any atom is -0.460 e. The fourth-order valence-corrected chi connectivity index (χ4v) is 0.956. The van der Waals surface area contributed by atoms with E-state index in [4.69, 9.17) is 9.26 Å². The lowest BCUT2D eigenvalue weighted by Gasteiger charge is -1.96. The number of rotatable bonds is 2. The van der Waals surface area contributed by atoms with Gasteiger partial charge in [-0.15, -0.1) is 0 Å². The summed E-state index contributed by atoms with van der Waals surface area (Å²) in [4.78, 5) is 11.1.